The van der Waals surface area contributed by atoms with Gasteiger partial charge in [-0.25, -0.2) is 0 Å². The van der Waals surface area contributed by atoms with Crippen molar-refractivity contribution in [1.29, 1.82) is 0 Å². The molecule has 0 heteroatoms. The Hall–Kier alpha value is -0.780. The van der Waals surface area contributed by atoms with E-state index in [-0.39, 0.29) is 0 Å². The maximum absolute atomic E-state index is 2.44. The van der Waals surface area contributed by atoms with E-state index in [1.54, 1.807) is 11.1 Å². The Bertz CT molecular complexity index is 297. The van der Waals surface area contributed by atoms with Crippen molar-refractivity contribution in [3.05, 3.63) is 35.4 Å². The number of unbranched alkanes of at least 4 members (excludes halogenated alkanes) is 8. The summed E-state index contributed by atoms with van der Waals surface area (Å²) in [5.41, 5.74) is 3.10. The summed E-state index contributed by atoms with van der Waals surface area (Å²) < 4.78 is 0. The van der Waals surface area contributed by atoms with Crippen molar-refractivity contribution in [3.8, 4) is 0 Å². The second kappa shape index (κ2) is 12.0. The molecule has 0 aliphatic rings. The second-order valence-electron chi connectivity index (χ2n) is 6.15. The lowest BCUT2D eigenvalue weighted by Crippen LogP contribution is -1.91. The van der Waals surface area contributed by atoms with Gasteiger partial charge in [0.25, 0.3) is 0 Å². The predicted molar refractivity (Wildman–Crippen MR) is 91.4 cm³/mol. The van der Waals surface area contributed by atoms with Crippen LogP contribution in [-0.2, 0) is 12.8 Å². The van der Waals surface area contributed by atoms with Crippen LogP contribution >= 0.6 is 0 Å². The Balaban J connectivity index is 2.19. The highest BCUT2D eigenvalue weighted by atomic mass is 14.0. The molecule has 0 amide bonds. The molecule has 0 aliphatic heterocycles. The van der Waals surface area contributed by atoms with Crippen molar-refractivity contribution < 1.29 is 0 Å². The second-order valence-corrected chi connectivity index (χ2v) is 6.15. The molecule has 0 nitrogen and oxygen atoms in total. The van der Waals surface area contributed by atoms with Crippen LogP contribution < -0.4 is 0 Å². The Morgan fingerprint density at radius 3 is 1.50 bits per heavy atom. The van der Waals surface area contributed by atoms with Crippen LogP contribution in [0.1, 0.15) is 89.2 Å². The number of benzene rings is 1. The highest BCUT2D eigenvalue weighted by molar-refractivity contribution is 5.23. The highest BCUT2D eigenvalue weighted by Crippen LogP contribution is 2.14. The third-order valence-electron chi connectivity index (χ3n) is 4.13. The molecule has 1 aromatic carbocycles. The minimum atomic E-state index is 1.27. The van der Waals surface area contributed by atoms with Crippen molar-refractivity contribution in [2.75, 3.05) is 0 Å². The molecule has 0 aliphatic carbocycles. The van der Waals surface area contributed by atoms with E-state index in [2.05, 4.69) is 38.1 Å². The summed E-state index contributed by atoms with van der Waals surface area (Å²) in [5.74, 6) is 0. The summed E-state index contributed by atoms with van der Waals surface area (Å²) in [6, 6.07) is 9.31. The van der Waals surface area contributed by atoms with E-state index in [9.17, 15) is 0 Å². The molecule has 0 saturated carbocycles. The van der Waals surface area contributed by atoms with Gasteiger partial charge in [0.05, 0.1) is 0 Å². The van der Waals surface area contributed by atoms with Gasteiger partial charge in [0.2, 0.25) is 0 Å². The van der Waals surface area contributed by atoms with Crippen LogP contribution in [-0.4, -0.2) is 0 Å². The molecule has 114 valence electrons. The van der Waals surface area contributed by atoms with Crippen LogP contribution in [0.4, 0.5) is 0 Å². The maximum atomic E-state index is 2.44. The lowest BCUT2D eigenvalue weighted by Gasteiger charge is -2.06. The van der Waals surface area contributed by atoms with Gasteiger partial charge in [-0.3, -0.25) is 0 Å². The molecular formula is C20H34. The third-order valence-corrected chi connectivity index (χ3v) is 4.13. The molecule has 0 fully saturated rings. The quantitative estimate of drug-likeness (QED) is 0.371. The average Bonchev–Trinajstić information content (AvgIpc) is 2.47. The van der Waals surface area contributed by atoms with Crippen molar-refractivity contribution in [2.45, 2.75) is 90.9 Å². The lowest BCUT2D eigenvalue weighted by molar-refractivity contribution is 0.628. The van der Waals surface area contributed by atoms with Crippen LogP contribution in [0.2, 0.25) is 0 Å². The normalized spacial score (nSPS) is 10.9. The molecule has 0 aromatic heterocycles. The molecule has 0 radical (unpaired) electrons. The Morgan fingerprint density at radius 1 is 0.600 bits per heavy atom. The number of hydrogen-bond donors (Lipinski definition) is 0. The van der Waals surface area contributed by atoms with Crippen LogP contribution in [0.3, 0.4) is 0 Å². The summed E-state index contributed by atoms with van der Waals surface area (Å²) in [5, 5.41) is 0. The highest BCUT2D eigenvalue weighted by Gasteiger charge is 1.98. The molecular weight excluding hydrogens is 240 g/mol. The van der Waals surface area contributed by atoms with E-state index < -0.39 is 0 Å². The first kappa shape index (κ1) is 17.3. The fourth-order valence-corrected chi connectivity index (χ4v) is 2.81. The van der Waals surface area contributed by atoms with Crippen molar-refractivity contribution in [3.63, 3.8) is 0 Å². The summed E-state index contributed by atoms with van der Waals surface area (Å²) in [7, 11) is 0. The average molecular weight is 274 g/mol. The minimum absolute atomic E-state index is 1.27. The van der Waals surface area contributed by atoms with Crippen molar-refractivity contribution in [2.24, 2.45) is 0 Å². The van der Waals surface area contributed by atoms with Gasteiger partial charge in [0.15, 0.2) is 0 Å². The summed E-state index contributed by atoms with van der Waals surface area (Å²) in [6.45, 7) is 4.56. The molecule has 0 atom stereocenters. The van der Waals surface area contributed by atoms with Crippen molar-refractivity contribution in [1.82, 2.24) is 0 Å². The lowest BCUT2D eigenvalue weighted by atomic mass is 10.0. The van der Waals surface area contributed by atoms with Crippen LogP contribution in [0.25, 0.3) is 0 Å². The number of hydrogen-bond acceptors (Lipinski definition) is 0. The SMILES string of the molecule is CCCCCCCc1cccc(CCCCCCC)c1. The Kier molecular flexibility index (Phi) is 10.4. The van der Waals surface area contributed by atoms with Crippen LogP contribution in [0.15, 0.2) is 24.3 Å². The monoisotopic (exact) mass is 274 g/mol. The molecule has 1 rings (SSSR count). The largest absolute Gasteiger partial charge is 0.0654 e. The molecule has 0 bridgehead atoms. The molecule has 0 unspecified atom stereocenters. The van der Waals surface area contributed by atoms with Gasteiger partial charge in [-0.2, -0.15) is 0 Å². The van der Waals surface area contributed by atoms with E-state index >= 15 is 0 Å². The topological polar surface area (TPSA) is 0 Å². The summed E-state index contributed by atoms with van der Waals surface area (Å²) in [4.78, 5) is 0. The Labute approximate surface area is 127 Å². The zero-order valence-electron chi connectivity index (χ0n) is 13.8. The van der Waals surface area contributed by atoms with Gasteiger partial charge in [0.1, 0.15) is 0 Å². The smallest absolute Gasteiger partial charge is 0.0279 e. The minimum Gasteiger partial charge on any atom is -0.0654 e. The zero-order valence-corrected chi connectivity index (χ0v) is 13.8. The first-order valence-electron chi connectivity index (χ1n) is 8.94. The molecule has 0 spiro atoms. The first-order valence-corrected chi connectivity index (χ1v) is 8.94. The third kappa shape index (κ3) is 8.40. The van der Waals surface area contributed by atoms with Crippen LogP contribution in [0.5, 0.6) is 0 Å². The summed E-state index contributed by atoms with van der Waals surface area (Å²) >= 11 is 0. The maximum Gasteiger partial charge on any atom is -0.0279 e. The standard InChI is InChI=1S/C20H34/c1-3-5-7-9-11-14-19-16-13-17-20(18-19)15-12-10-8-6-4-2/h13,16-18H,3-12,14-15H2,1-2H3. The van der Waals surface area contributed by atoms with E-state index in [0.29, 0.717) is 0 Å². The number of aryl methyl sites for hydroxylation is 2. The van der Waals surface area contributed by atoms with Gasteiger partial charge in [-0.15, -0.1) is 0 Å². The fourth-order valence-electron chi connectivity index (χ4n) is 2.81. The van der Waals surface area contributed by atoms with E-state index in [0.717, 1.165) is 0 Å². The molecule has 0 heterocycles. The molecule has 0 saturated heterocycles. The molecule has 0 N–H and O–H groups in total. The van der Waals surface area contributed by atoms with Gasteiger partial charge in [0, 0.05) is 0 Å². The van der Waals surface area contributed by atoms with E-state index in [4.69, 9.17) is 0 Å². The zero-order chi connectivity index (χ0) is 14.5. The molecule has 1 aromatic rings. The van der Waals surface area contributed by atoms with E-state index in [1.807, 2.05) is 0 Å². The molecule has 20 heavy (non-hydrogen) atoms. The van der Waals surface area contributed by atoms with E-state index in [1.165, 1.54) is 77.0 Å². The fraction of sp³-hybridized carbons (Fsp3) is 0.700. The Morgan fingerprint density at radius 2 is 1.05 bits per heavy atom. The van der Waals surface area contributed by atoms with Gasteiger partial charge in [-0.1, -0.05) is 89.5 Å². The van der Waals surface area contributed by atoms with Crippen molar-refractivity contribution >= 4 is 0 Å². The van der Waals surface area contributed by atoms with Gasteiger partial charge in [-0.05, 0) is 36.8 Å². The predicted octanol–water partition coefficient (Wildman–Crippen LogP) is 6.71. The summed E-state index contributed by atoms with van der Waals surface area (Å²) in [6.07, 6.45) is 16.4. The first-order chi connectivity index (χ1) is 9.86. The van der Waals surface area contributed by atoms with Gasteiger partial charge >= 0.3 is 0 Å². The number of rotatable bonds is 12. The van der Waals surface area contributed by atoms with Gasteiger partial charge < -0.3 is 0 Å². The van der Waals surface area contributed by atoms with Crippen LogP contribution in [0, 0.1) is 0 Å².